The first-order valence-electron chi connectivity index (χ1n) is 4.17. The van der Waals surface area contributed by atoms with Crippen LogP contribution in [-0.4, -0.2) is 23.9 Å². The van der Waals surface area contributed by atoms with E-state index < -0.39 is 30.3 Å². The molecule has 1 N–H and O–H groups in total. The van der Waals surface area contributed by atoms with E-state index in [0.717, 1.165) is 0 Å². The van der Waals surface area contributed by atoms with Gasteiger partial charge in [0.2, 0.25) is 5.91 Å². The SMILES string of the molecule is CCCC(=O)NC(CC(=O)[O-])C(=O)[O-].[Fe+2]. The van der Waals surface area contributed by atoms with E-state index in [1.807, 2.05) is 5.32 Å². The molecule has 0 heterocycles. The van der Waals surface area contributed by atoms with Gasteiger partial charge in [-0.15, -0.1) is 0 Å². The quantitative estimate of drug-likeness (QED) is 0.515. The van der Waals surface area contributed by atoms with E-state index >= 15 is 0 Å². The Bertz CT molecular complexity index is 243. The van der Waals surface area contributed by atoms with Crippen LogP contribution in [0.4, 0.5) is 0 Å². The predicted molar refractivity (Wildman–Crippen MR) is 41.5 cm³/mol. The summed E-state index contributed by atoms with van der Waals surface area (Å²) in [6.07, 6.45) is -0.0778. The normalized spacial score (nSPS) is 11.0. The molecule has 0 aliphatic rings. The van der Waals surface area contributed by atoms with Crippen molar-refractivity contribution in [1.29, 1.82) is 0 Å². The summed E-state index contributed by atoms with van der Waals surface area (Å²) in [5.74, 6) is -3.68. The minimum atomic E-state index is -1.63. The van der Waals surface area contributed by atoms with Crippen molar-refractivity contribution < 1.29 is 41.7 Å². The van der Waals surface area contributed by atoms with Crippen LogP contribution in [0, 0.1) is 0 Å². The molecule has 6 nitrogen and oxygen atoms in total. The average molecular weight is 257 g/mol. The fourth-order valence-electron chi connectivity index (χ4n) is 0.854. The summed E-state index contributed by atoms with van der Waals surface area (Å²) in [7, 11) is 0. The Morgan fingerprint density at radius 3 is 2.13 bits per heavy atom. The third kappa shape index (κ3) is 7.96. The van der Waals surface area contributed by atoms with Crippen molar-refractivity contribution in [2.24, 2.45) is 0 Å². The van der Waals surface area contributed by atoms with Crippen molar-refractivity contribution in [2.75, 3.05) is 0 Å². The van der Waals surface area contributed by atoms with Gasteiger partial charge in [-0.3, -0.25) is 4.79 Å². The molecule has 0 aromatic carbocycles. The number of hydrogen-bond donors (Lipinski definition) is 1. The van der Waals surface area contributed by atoms with Crippen LogP contribution in [0.5, 0.6) is 0 Å². The average Bonchev–Trinajstić information content (AvgIpc) is 2.02. The van der Waals surface area contributed by atoms with Gasteiger partial charge in [0.15, 0.2) is 0 Å². The van der Waals surface area contributed by atoms with Gasteiger partial charge in [-0.25, -0.2) is 0 Å². The first-order chi connectivity index (χ1) is 6.47. The molecule has 1 atom stereocenters. The molecule has 0 saturated carbocycles. The molecule has 0 aromatic rings. The largest absolute Gasteiger partial charge is 2.00 e. The molecular weight excluding hydrogens is 246 g/mol. The van der Waals surface area contributed by atoms with Crippen molar-refractivity contribution in [3.63, 3.8) is 0 Å². The standard InChI is InChI=1S/C8H13NO5.Fe/c1-2-3-6(10)9-5(8(13)14)4-7(11)12;/h5H,2-4H2,1H3,(H,9,10)(H,11,12)(H,13,14);/q;+2/p-2. The predicted octanol–water partition coefficient (Wildman–Crippen LogP) is -2.84. The zero-order valence-corrected chi connectivity index (χ0v) is 9.20. The zero-order valence-electron chi connectivity index (χ0n) is 8.09. The first kappa shape index (κ1) is 16.4. The Hall–Kier alpha value is -1.07. The van der Waals surface area contributed by atoms with Crippen molar-refractivity contribution in [3.05, 3.63) is 0 Å². The molecule has 0 aromatic heterocycles. The molecule has 0 radical (unpaired) electrons. The number of carbonyl (C=O) groups excluding carboxylic acids is 3. The van der Waals surface area contributed by atoms with Gasteiger partial charge in [0.05, 0.1) is 12.0 Å². The van der Waals surface area contributed by atoms with E-state index in [-0.39, 0.29) is 23.5 Å². The molecule has 0 rings (SSSR count). The minimum absolute atomic E-state index is 0. The first-order valence-corrected chi connectivity index (χ1v) is 4.17. The number of rotatable bonds is 6. The van der Waals surface area contributed by atoms with Gasteiger partial charge in [0, 0.05) is 18.8 Å². The van der Waals surface area contributed by atoms with Gasteiger partial charge in [-0.1, -0.05) is 6.92 Å². The number of carbonyl (C=O) groups is 3. The van der Waals surface area contributed by atoms with Crippen LogP contribution >= 0.6 is 0 Å². The maximum Gasteiger partial charge on any atom is 2.00 e. The van der Waals surface area contributed by atoms with Crippen LogP contribution in [0.2, 0.25) is 0 Å². The van der Waals surface area contributed by atoms with E-state index in [9.17, 15) is 24.6 Å². The molecule has 86 valence electrons. The third-order valence-electron chi connectivity index (χ3n) is 1.47. The molecule has 0 fully saturated rings. The number of aliphatic carboxylic acids is 2. The molecule has 1 amide bonds. The Morgan fingerprint density at radius 1 is 1.27 bits per heavy atom. The van der Waals surface area contributed by atoms with E-state index in [1.54, 1.807) is 6.92 Å². The minimum Gasteiger partial charge on any atom is -0.550 e. The Morgan fingerprint density at radius 2 is 1.80 bits per heavy atom. The molecule has 7 heteroatoms. The molecule has 1 unspecified atom stereocenters. The van der Waals surface area contributed by atoms with Crippen molar-refractivity contribution >= 4 is 17.8 Å². The zero-order chi connectivity index (χ0) is 11.1. The summed E-state index contributed by atoms with van der Waals surface area (Å²) in [4.78, 5) is 31.4. The maximum atomic E-state index is 10.9. The summed E-state index contributed by atoms with van der Waals surface area (Å²) in [5, 5.41) is 22.5. The number of carboxylic acids is 2. The molecule has 15 heavy (non-hydrogen) atoms. The fraction of sp³-hybridized carbons (Fsp3) is 0.625. The van der Waals surface area contributed by atoms with Crippen LogP contribution in [0.3, 0.4) is 0 Å². The Kier molecular flexibility index (Phi) is 9.01. The van der Waals surface area contributed by atoms with Gasteiger partial charge < -0.3 is 25.1 Å². The smallest absolute Gasteiger partial charge is 0.550 e. The van der Waals surface area contributed by atoms with Crippen LogP contribution in [0.25, 0.3) is 0 Å². The van der Waals surface area contributed by atoms with Gasteiger partial charge in [0.1, 0.15) is 0 Å². The number of hydrogen-bond acceptors (Lipinski definition) is 5. The molecule has 0 bridgehead atoms. The van der Waals surface area contributed by atoms with E-state index in [4.69, 9.17) is 0 Å². The Labute approximate surface area is 97.5 Å². The summed E-state index contributed by atoms with van der Waals surface area (Å²) < 4.78 is 0. The number of amides is 1. The second-order valence-electron chi connectivity index (χ2n) is 2.77. The van der Waals surface area contributed by atoms with Crippen LogP contribution in [0.1, 0.15) is 26.2 Å². The number of nitrogens with one attached hydrogen (secondary N) is 1. The third-order valence-corrected chi connectivity index (χ3v) is 1.47. The molecule has 0 spiro atoms. The van der Waals surface area contributed by atoms with E-state index in [1.165, 1.54) is 0 Å². The second-order valence-corrected chi connectivity index (χ2v) is 2.77. The van der Waals surface area contributed by atoms with E-state index in [0.29, 0.717) is 6.42 Å². The maximum absolute atomic E-state index is 10.9. The van der Waals surface area contributed by atoms with Gasteiger partial charge in [-0.2, -0.15) is 0 Å². The summed E-state index contributed by atoms with van der Waals surface area (Å²) in [6.45, 7) is 1.74. The summed E-state index contributed by atoms with van der Waals surface area (Å²) in [5.41, 5.74) is 0. The summed E-state index contributed by atoms with van der Waals surface area (Å²) in [6, 6.07) is -1.51. The van der Waals surface area contributed by atoms with Crippen molar-refractivity contribution in [1.82, 2.24) is 5.32 Å². The van der Waals surface area contributed by atoms with Crippen molar-refractivity contribution in [3.8, 4) is 0 Å². The number of carboxylic acid groups (broad SMARTS) is 2. The second kappa shape index (κ2) is 8.26. The fourth-order valence-corrected chi connectivity index (χ4v) is 0.854. The topological polar surface area (TPSA) is 109 Å². The molecule has 0 saturated heterocycles. The van der Waals surface area contributed by atoms with Gasteiger partial charge in [0.25, 0.3) is 0 Å². The van der Waals surface area contributed by atoms with E-state index in [2.05, 4.69) is 0 Å². The molecular formula is C8H11FeNO5. The van der Waals surface area contributed by atoms with Gasteiger partial charge >= 0.3 is 17.1 Å². The Balaban J connectivity index is 0. The monoisotopic (exact) mass is 257 g/mol. The van der Waals surface area contributed by atoms with Crippen LogP contribution in [0.15, 0.2) is 0 Å². The van der Waals surface area contributed by atoms with Gasteiger partial charge in [-0.05, 0) is 6.42 Å². The van der Waals surface area contributed by atoms with Crippen molar-refractivity contribution in [2.45, 2.75) is 32.2 Å². The molecule has 0 aliphatic heterocycles. The summed E-state index contributed by atoms with van der Waals surface area (Å²) >= 11 is 0. The van der Waals surface area contributed by atoms with Crippen LogP contribution in [-0.2, 0) is 31.5 Å². The molecule has 0 aliphatic carbocycles. The van der Waals surface area contributed by atoms with Crippen LogP contribution < -0.4 is 15.5 Å².